The third-order valence-corrected chi connectivity index (χ3v) is 22.7. The number of aliphatic hydroxyl groups is 2. The number of nitrogens with one attached hydrogen (secondary N) is 6. The van der Waals surface area contributed by atoms with Gasteiger partial charge in [0.2, 0.25) is 11.8 Å². The summed E-state index contributed by atoms with van der Waals surface area (Å²) in [4.78, 5) is 123. The lowest BCUT2D eigenvalue weighted by molar-refractivity contribution is 0.0524. The molecule has 0 saturated heterocycles. The number of oxazole rings is 1. The Morgan fingerprint density at radius 2 is 0.799 bits per heavy atom. The maximum absolute atomic E-state index is 13.1. The van der Waals surface area contributed by atoms with Gasteiger partial charge in [0.25, 0.3) is 33.7 Å². The highest BCUT2D eigenvalue weighted by molar-refractivity contribution is 6.33. The van der Waals surface area contributed by atoms with E-state index in [1.165, 1.54) is 0 Å². The first-order valence-corrected chi connectivity index (χ1v) is 45.6. The van der Waals surface area contributed by atoms with Gasteiger partial charge in [-0.1, -0.05) is 265 Å². The average molecular weight is 1910 g/mol. The van der Waals surface area contributed by atoms with Gasteiger partial charge in [-0.05, 0) is 175 Å². The largest absolute Gasteiger partial charge is 0.477 e. The lowest BCUT2D eigenvalue weighted by Crippen LogP contribution is -2.41. The number of carboxylic acids is 1. The van der Waals surface area contributed by atoms with Crippen molar-refractivity contribution >= 4 is 136 Å². The average Bonchev–Trinajstić information content (AvgIpc) is 1.58. The summed E-state index contributed by atoms with van der Waals surface area (Å²) in [6.07, 6.45) is 4.88. The van der Waals surface area contributed by atoms with Gasteiger partial charge in [-0.25, -0.2) is 19.6 Å². The van der Waals surface area contributed by atoms with Crippen molar-refractivity contribution in [2.45, 2.75) is 106 Å². The SMILES string of the molecule is CC(C)C[C@@H](CO)NC(=O)c1c(-c2ccccc2)c2cc(Cl)ccc2[nH]c1=O.CC(C)C[C@H](N)CO.CC(C)C[C@H]1COC(c2c(-c3ccccc3)c3cc(Cl)ccc3[nH]c2=O)=N1.CC(C)Cc1coc(-c2c(-c3ccccc3)c3cc(Cl)ccc3[nH]c2=O)n1.CCOC(=O)c1c(-c2ccccc2)c2cc(Cl)ccc2[nH]c1=O.O=C(O)c1c(-c2ccccc2)c2cc(Cl)ccc2[nH]c1=O.[2HH]. The van der Waals surface area contributed by atoms with Crippen LogP contribution in [0.3, 0.4) is 0 Å². The van der Waals surface area contributed by atoms with Gasteiger partial charge in [0.15, 0.2) is 0 Å². The summed E-state index contributed by atoms with van der Waals surface area (Å²) < 4.78 is 16.6. The van der Waals surface area contributed by atoms with Gasteiger partial charge in [0.1, 0.15) is 40.7 Å². The first kappa shape index (κ1) is 99.7. The maximum atomic E-state index is 13.1. The number of nitrogens with zero attached hydrogens (tertiary/aromatic N) is 2. The Kier molecular flexibility index (Phi) is 34.5. The van der Waals surface area contributed by atoms with Crippen molar-refractivity contribution in [2.75, 3.05) is 26.4 Å². The molecule has 3 atom stereocenters. The number of halogens is 5. The Hall–Kier alpha value is -13.3. The molecule has 0 saturated carbocycles. The first-order valence-electron chi connectivity index (χ1n) is 43.7. The Balaban J connectivity index is 0.000000159. The number of esters is 1. The number of aromatic carboxylic acids is 1. The quantitative estimate of drug-likeness (QED) is 0.0282. The Morgan fingerprint density at radius 3 is 1.16 bits per heavy atom. The van der Waals surface area contributed by atoms with Gasteiger partial charge < -0.3 is 65.2 Å². The predicted octanol–water partition coefficient (Wildman–Crippen LogP) is 22.9. The summed E-state index contributed by atoms with van der Waals surface area (Å²) in [5, 5.41) is 36.7. The van der Waals surface area contributed by atoms with Crippen molar-refractivity contribution in [2.24, 2.45) is 34.4 Å². The van der Waals surface area contributed by atoms with Gasteiger partial charge in [-0.15, -0.1) is 0 Å². The molecule has 0 bridgehead atoms. The predicted molar refractivity (Wildman–Crippen MR) is 542 cm³/mol. The standard InChI is InChI=1S/C22H23ClN2O3.C22H21ClN2O2.C22H19ClN2O2.C18H14ClNO3.C16H10ClNO3.C6H15NO.H2/c1-13(2)10-16(12-26)24-21(27)20-19(14-6-4-3-5-7-14)17-11-15(23)8-9-18(17)25-22(20)28;2*1-13(2)10-16-12-27-22(24-16)20-19(14-6-4-3-5-7-14)17-11-15(23)8-9-18(17)25-21(20)26;1-2-23-18(22)16-15(11-6-4-3-5-7-11)13-10-12(19)8-9-14(13)20-17(16)21;17-10-6-7-12-11(8-10)13(9-4-2-1-3-5-9)14(16(20)21)15(19)18-12;1-5(2)3-6(7)4-8;/h3-9,11,13,16,26H,10,12H2,1-2H3,(H,24,27)(H,25,28);3-9,11,13,16H,10,12H2,1-2H3,(H,25,26);3-9,11-13H,10H2,1-2H3,(H,25,26);3-10H,2H2,1H3,(H,20,21);1-8H,(H,18,19)(H,20,21);5-6,8H,3-4,7H2,1-2H3;1H/t2*16-;;;;6-;/m00...0./s1/i;;;;;;1+1. The summed E-state index contributed by atoms with van der Waals surface area (Å²) in [7, 11) is 0. The number of H-pyrrole nitrogens is 5. The van der Waals surface area contributed by atoms with Crippen LogP contribution in [0, 0.1) is 23.7 Å². The van der Waals surface area contributed by atoms with Crippen LogP contribution in [-0.2, 0) is 15.9 Å². The maximum Gasteiger partial charge on any atom is 0.344 e. The molecule has 0 unspecified atom stereocenters. The number of hydrogen-bond acceptors (Lipinski definition) is 16. The number of aliphatic hydroxyl groups excluding tert-OH is 2. The number of aliphatic imine (C=N–C) groups is 1. The lowest BCUT2D eigenvalue weighted by Gasteiger charge is -2.19. The molecule has 0 aliphatic carbocycles. The van der Waals surface area contributed by atoms with Crippen LogP contribution in [0.15, 0.2) is 282 Å². The molecule has 1 amide bonds. The summed E-state index contributed by atoms with van der Waals surface area (Å²) in [6, 6.07) is 72.9. The zero-order valence-corrected chi connectivity index (χ0v) is 78.8. The fraction of sp³-hybridized carbons (Fsp3) is 0.226. The molecular weight excluding hydrogens is 1800 g/mol. The Bertz CT molecular complexity index is 7240. The Morgan fingerprint density at radius 1 is 0.448 bits per heavy atom. The summed E-state index contributed by atoms with van der Waals surface area (Å²) in [6.45, 7) is 19.1. The highest BCUT2D eigenvalue weighted by atomic mass is 35.5. The normalized spacial score (nSPS) is 12.6. The topological polar surface area (TPSA) is 371 Å². The molecule has 692 valence electrons. The number of amides is 1. The second-order valence-electron chi connectivity index (χ2n) is 33.7. The third kappa shape index (κ3) is 24.9. The number of ether oxygens (including phenoxy) is 2. The van der Waals surface area contributed by atoms with E-state index in [1.54, 1.807) is 104 Å². The van der Waals surface area contributed by atoms with E-state index in [2.05, 4.69) is 76.8 Å². The van der Waals surface area contributed by atoms with Gasteiger partial charge >= 0.3 is 11.9 Å². The minimum absolute atomic E-state index is 0. The van der Waals surface area contributed by atoms with Gasteiger partial charge in [0, 0.05) is 115 Å². The van der Waals surface area contributed by atoms with Crippen molar-refractivity contribution in [1.29, 1.82) is 0 Å². The summed E-state index contributed by atoms with van der Waals surface area (Å²) >= 11 is 30.8. The van der Waals surface area contributed by atoms with E-state index < -0.39 is 40.6 Å². The van der Waals surface area contributed by atoms with E-state index in [1.807, 2.05) is 166 Å². The van der Waals surface area contributed by atoms with Crippen LogP contribution in [0.25, 0.3) is 122 Å². The molecule has 1 aliphatic rings. The van der Waals surface area contributed by atoms with Gasteiger partial charge in [0.05, 0.1) is 37.6 Å². The highest BCUT2D eigenvalue weighted by Gasteiger charge is 2.30. The van der Waals surface area contributed by atoms with E-state index in [9.17, 15) is 48.6 Å². The number of aromatic amines is 5. The molecule has 0 fully saturated rings. The second-order valence-corrected chi connectivity index (χ2v) is 35.8. The zero-order valence-electron chi connectivity index (χ0n) is 75.1. The Labute approximate surface area is 798 Å². The van der Waals surface area contributed by atoms with E-state index in [0.717, 1.165) is 80.1 Å². The minimum atomic E-state index is -1.27. The number of carboxylic acid groups (broad SMARTS) is 1. The van der Waals surface area contributed by atoms with Crippen molar-refractivity contribution in [3.05, 3.63) is 354 Å². The van der Waals surface area contributed by atoms with Crippen molar-refractivity contribution < 1.29 is 45.0 Å². The van der Waals surface area contributed by atoms with Crippen LogP contribution in [0.5, 0.6) is 0 Å². The van der Waals surface area contributed by atoms with Crippen LogP contribution in [0.1, 0.15) is 125 Å². The number of hydrogen-bond donors (Lipinski definition) is 10. The molecule has 16 aromatic rings. The van der Waals surface area contributed by atoms with E-state index in [4.69, 9.17) is 87.7 Å². The van der Waals surface area contributed by atoms with Gasteiger partial charge in [-0.2, -0.15) is 0 Å². The van der Waals surface area contributed by atoms with Crippen molar-refractivity contribution in [3.63, 3.8) is 0 Å². The molecule has 17 rings (SSSR count). The van der Waals surface area contributed by atoms with Crippen LogP contribution in [-0.4, -0.2) is 114 Å². The molecule has 23 nitrogen and oxygen atoms in total. The number of fused-ring (bicyclic) bond motifs is 5. The monoisotopic (exact) mass is 1900 g/mol. The number of rotatable bonds is 22. The van der Waals surface area contributed by atoms with Crippen molar-refractivity contribution in [3.8, 4) is 67.1 Å². The molecular formula is C106H104Cl5N9O14. The molecule has 0 radical (unpaired) electrons. The van der Waals surface area contributed by atoms with Crippen LogP contribution >= 0.6 is 58.0 Å². The van der Waals surface area contributed by atoms with Gasteiger partial charge in [-0.3, -0.25) is 28.8 Å². The highest BCUT2D eigenvalue weighted by Crippen LogP contribution is 2.40. The molecule has 134 heavy (non-hydrogen) atoms. The third-order valence-electron chi connectivity index (χ3n) is 21.5. The lowest BCUT2D eigenvalue weighted by atomic mass is 9.95. The summed E-state index contributed by atoms with van der Waals surface area (Å²) in [5.41, 5.74) is 15.1. The number of pyridine rings is 5. The first-order chi connectivity index (χ1) is 64.3. The minimum Gasteiger partial charge on any atom is -0.477 e. The second kappa shape index (κ2) is 46.4. The van der Waals surface area contributed by atoms with Crippen molar-refractivity contribution in [1.82, 2.24) is 35.2 Å². The van der Waals surface area contributed by atoms with E-state index >= 15 is 0 Å². The number of benzene rings is 10. The molecule has 6 aromatic heterocycles. The van der Waals surface area contributed by atoms with E-state index in [0.29, 0.717) is 140 Å². The van der Waals surface area contributed by atoms with Crippen LogP contribution in [0.4, 0.5) is 0 Å². The molecule has 0 spiro atoms. The fourth-order valence-electron chi connectivity index (χ4n) is 15.9. The van der Waals surface area contributed by atoms with E-state index in [-0.39, 0.29) is 61.1 Å². The number of carbonyl (C=O) groups excluding carboxylic acids is 2. The molecule has 11 N–H and O–H groups in total. The smallest absolute Gasteiger partial charge is 0.344 e. The fourth-order valence-corrected chi connectivity index (χ4v) is 16.8. The number of carbonyl (C=O) groups is 3. The number of nitrogens with two attached hydrogens (primary N) is 1. The molecule has 7 heterocycles. The number of aromatic nitrogens is 6. The summed E-state index contributed by atoms with van der Waals surface area (Å²) in [5.74, 6) is 0.175. The zero-order chi connectivity index (χ0) is 96.1. The molecule has 1 aliphatic heterocycles. The van der Waals surface area contributed by atoms with Crippen LogP contribution < -0.4 is 38.8 Å². The van der Waals surface area contributed by atoms with Crippen LogP contribution in [0.2, 0.25) is 25.1 Å². The molecule has 10 aromatic carbocycles. The molecule has 28 heteroatoms.